The first-order chi connectivity index (χ1) is 14.5. The number of hydrogen-bond acceptors (Lipinski definition) is 5. The van der Waals surface area contributed by atoms with E-state index in [1.165, 1.54) is 12.3 Å². The molecule has 0 aliphatic heterocycles. The Bertz CT molecular complexity index is 979. The number of rotatable bonds is 8. The lowest BCUT2D eigenvalue weighted by Gasteiger charge is -2.10. The number of ether oxygens (including phenoxy) is 1. The normalized spacial score (nSPS) is 11.2. The van der Waals surface area contributed by atoms with Crippen LogP contribution in [0, 0.1) is 5.82 Å². The number of benzene rings is 1. The zero-order valence-electron chi connectivity index (χ0n) is 17.8. The van der Waals surface area contributed by atoms with Crippen molar-refractivity contribution < 1.29 is 13.7 Å². The fraction of sp³-hybridized carbons (Fsp3) is 0.318. The summed E-state index contributed by atoms with van der Waals surface area (Å²) in [5.74, 6) is 1.82. The number of nitrogens with one attached hydrogen (secondary N) is 2. The van der Waals surface area contributed by atoms with Gasteiger partial charge in [-0.25, -0.2) is 9.38 Å². The fourth-order valence-electron chi connectivity index (χ4n) is 2.63. The number of halogens is 2. The Labute approximate surface area is 198 Å². The van der Waals surface area contributed by atoms with Crippen molar-refractivity contribution in [1.82, 2.24) is 20.8 Å². The van der Waals surface area contributed by atoms with E-state index in [0.29, 0.717) is 37.3 Å². The molecule has 0 aliphatic carbocycles. The van der Waals surface area contributed by atoms with Gasteiger partial charge in [0, 0.05) is 18.8 Å². The maximum atomic E-state index is 14.4. The van der Waals surface area contributed by atoms with Crippen LogP contribution in [0.2, 0.25) is 0 Å². The lowest BCUT2D eigenvalue weighted by molar-refractivity contribution is 0.372. The van der Waals surface area contributed by atoms with Gasteiger partial charge in [0.15, 0.2) is 23.3 Å². The second kappa shape index (κ2) is 12.2. The monoisotopic (exact) mass is 539 g/mol. The molecule has 0 radical (unpaired) electrons. The van der Waals surface area contributed by atoms with Crippen LogP contribution in [0.1, 0.15) is 43.7 Å². The third-order valence-electron chi connectivity index (χ3n) is 4.22. The smallest absolute Gasteiger partial charge is 0.191 e. The van der Waals surface area contributed by atoms with Gasteiger partial charge in [-0.1, -0.05) is 25.1 Å². The topological polar surface area (TPSA) is 84.6 Å². The average molecular weight is 539 g/mol. The van der Waals surface area contributed by atoms with Crippen molar-refractivity contribution in [3.05, 3.63) is 71.6 Å². The number of hydrogen-bond donors (Lipinski definition) is 2. The Kier molecular flexibility index (Phi) is 9.70. The van der Waals surface area contributed by atoms with Crippen LogP contribution in [0.3, 0.4) is 0 Å². The minimum Gasteiger partial charge on any atom is -0.453 e. The molecule has 7 nitrogen and oxygen atoms in total. The van der Waals surface area contributed by atoms with Crippen LogP contribution in [-0.4, -0.2) is 22.6 Å². The predicted octanol–water partition coefficient (Wildman–Crippen LogP) is 5.00. The summed E-state index contributed by atoms with van der Waals surface area (Å²) in [5, 5.41) is 10.4. The second-order valence-electron chi connectivity index (χ2n) is 6.98. The van der Waals surface area contributed by atoms with Crippen LogP contribution >= 0.6 is 24.0 Å². The van der Waals surface area contributed by atoms with E-state index < -0.39 is 5.82 Å². The Hall–Kier alpha value is -2.69. The fourth-order valence-corrected chi connectivity index (χ4v) is 2.63. The molecule has 2 heterocycles. The first-order valence-corrected chi connectivity index (χ1v) is 9.89. The van der Waals surface area contributed by atoms with Crippen LogP contribution in [-0.2, 0) is 13.1 Å². The van der Waals surface area contributed by atoms with Gasteiger partial charge < -0.3 is 19.9 Å². The van der Waals surface area contributed by atoms with E-state index in [1.54, 1.807) is 30.5 Å². The molecule has 9 heteroatoms. The molecule has 0 unspecified atom stereocenters. The molecule has 31 heavy (non-hydrogen) atoms. The molecule has 0 aliphatic rings. The molecule has 2 N–H and O–H groups in total. The highest BCUT2D eigenvalue weighted by Crippen LogP contribution is 2.24. The maximum absolute atomic E-state index is 14.4. The third-order valence-corrected chi connectivity index (χ3v) is 4.22. The van der Waals surface area contributed by atoms with Gasteiger partial charge in [-0.05, 0) is 42.7 Å². The highest BCUT2D eigenvalue weighted by molar-refractivity contribution is 14.0. The number of guanidine groups is 1. The van der Waals surface area contributed by atoms with Crippen molar-refractivity contribution in [3.8, 4) is 11.5 Å². The van der Waals surface area contributed by atoms with Gasteiger partial charge >= 0.3 is 0 Å². The minimum absolute atomic E-state index is 0. The molecule has 2 aromatic heterocycles. The summed E-state index contributed by atoms with van der Waals surface area (Å²) < 4.78 is 25.3. The minimum atomic E-state index is -0.451. The zero-order chi connectivity index (χ0) is 21.3. The lowest BCUT2D eigenvalue weighted by Crippen LogP contribution is -2.36. The van der Waals surface area contributed by atoms with Crippen LogP contribution in [0.25, 0.3) is 0 Å². The van der Waals surface area contributed by atoms with Crippen molar-refractivity contribution in [2.45, 2.75) is 39.8 Å². The van der Waals surface area contributed by atoms with Crippen LogP contribution in [0.4, 0.5) is 4.39 Å². The van der Waals surface area contributed by atoms with E-state index >= 15 is 0 Å². The zero-order valence-corrected chi connectivity index (χ0v) is 20.1. The van der Waals surface area contributed by atoms with E-state index in [0.717, 1.165) is 17.0 Å². The van der Waals surface area contributed by atoms with Gasteiger partial charge in [0.1, 0.15) is 5.75 Å². The summed E-state index contributed by atoms with van der Waals surface area (Å²) >= 11 is 0. The molecule has 1 aromatic carbocycles. The van der Waals surface area contributed by atoms with E-state index in [-0.39, 0.29) is 29.7 Å². The van der Waals surface area contributed by atoms with Crippen molar-refractivity contribution in [2.75, 3.05) is 6.54 Å². The Morgan fingerprint density at radius 2 is 2.06 bits per heavy atom. The van der Waals surface area contributed by atoms with E-state index in [4.69, 9.17) is 9.26 Å². The molecule has 3 rings (SSSR count). The highest BCUT2D eigenvalue weighted by Gasteiger charge is 2.09. The van der Waals surface area contributed by atoms with Crippen molar-refractivity contribution in [1.29, 1.82) is 0 Å². The molecule has 166 valence electrons. The summed E-state index contributed by atoms with van der Waals surface area (Å²) in [6, 6.07) is 10.2. The molecule has 0 amide bonds. The predicted molar refractivity (Wildman–Crippen MR) is 128 cm³/mol. The number of aromatic nitrogens is 2. The standard InChI is InChI=1S/C22H26FN5O2.HI/c1-4-25-22(27-14-18-11-20(15(2)3)28-30-18)26-12-16-7-8-21(19(23)10-16)29-17-6-5-9-24-13-17;/h5-11,13,15H,4,12,14H2,1-3H3,(H2,25,26,27);1H. The summed E-state index contributed by atoms with van der Waals surface area (Å²) in [7, 11) is 0. The van der Waals surface area contributed by atoms with E-state index in [2.05, 4.69) is 39.6 Å². The lowest BCUT2D eigenvalue weighted by atomic mass is 10.1. The molecule has 0 saturated carbocycles. The Balaban J connectivity index is 0.00000341. The molecular weight excluding hydrogens is 512 g/mol. The van der Waals surface area contributed by atoms with E-state index in [9.17, 15) is 4.39 Å². The van der Waals surface area contributed by atoms with Crippen LogP contribution in [0.5, 0.6) is 11.5 Å². The molecule has 0 saturated heterocycles. The van der Waals surface area contributed by atoms with Gasteiger partial charge in [0.05, 0.1) is 25.0 Å². The summed E-state index contributed by atoms with van der Waals surface area (Å²) in [4.78, 5) is 8.46. The van der Waals surface area contributed by atoms with Crippen LogP contribution in [0.15, 0.2) is 58.3 Å². The van der Waals surface area contributed by atoms with Crippen molar-refractivity contribution in [3.63, 3.8) is 0 Å². The van der Waals surface area contributed by atoms with Crippen molar-refractivity contribution in [2.24, 2.45) is 4.99 Å². The molecule has 0 bridgehead atoms. The quantitative estimate of drug-likeness (QED) is 0.238. The average Bonchev–Trinajstić information content (AvgIpc) is 3.22. The highest BCUT2D eigenvalue weighted by atomic mass is 127. The second-order valence-corrected chi connectivity index (χ2v) is 6.98. The molecule has 0 atom stereocenters. The van der Waals surface area contributed by atoms with Gasteiger partial charge in [0.2, 0.25) is 0 Å². The van der Waals surface area contributed by atoms with Gasteiger partial charge in [0.25, 0.3) is 0 Å². The molecular formula is C22H27FIN5O2. The maximum Gasteiger partial charge on any atom is 0.191 e. The van der Waals surface area contributed by atoms with Crippen molar-refractivity contribution >= 4 is 29.9 Å². The molecule has 0 spiro atoms. The largest absolute Gasteiger partial charge is 0.453 e. The summed E-state index contributed by atoms with van der Waals surface area (Å²) in [6.07, 6.45) is 3.16. The van der Waals surface area contributed by atoms with E-state index in [1.807, 2.05) is 13.0 Å². The first-order valence-electron chi connectivity index (χ1n) is 9.89. The number of nitrogens with zero attached hydrogens (tertiary/aromatic N) is 3. The SMILES string of the molecule is CCNC(=NCc1ccc(Oc2cccnc2)c(F)c1)NCc1cc(C(C)C)no1.I. The summed E-state index contributed by atoms with van der Waals surface area (Å²) in [6.45, 7) is 7.57. The van der Waals surface area contributed by atoms with Crippen LogP contribution < -0.4 is 15.4 Å². The summed E-state index contributed by atoms with van der Waals surface area (Å²) in [5.41, 5.74) is 1.64. The van der Waals surface area contributed by atoms with Gasteiger partial charge in [-0.3, -0.25) is 4.98 Å². The number of aliphatic imine (C=N–C) groups is 1. The number of pyridine rings is 1. The first kappa shape index (κ1) is 24.6. The van der Waals surface area contributed by atoms with Gasteiger partial charge in [-0.15, -0.1) is 24.0 Å². The molecule has 0 fully saturated rings. The Morgan fingerprint density at radius 3 is 2.71 bits per heavy atom. The van der Waals surface area contributed by atoms with Gasteiger partial charge in [-0.2, -0.15) is 0 Å². The third kappa shape index (κ3) is 7.50. The Morgan fingerprint density at radius 1 is 1.23 bits per heavy atom. The molecule has 3 aromatic rings.